The van der Waals surface area contributed by atoms with E-state index in [9.17, 15) is 4.79 Å². The van der Waals surface area contributed by atoms with Gasteiger partial charge in [0.1, 0.15) is 5.69 Å². The molecular weight excluding hydrogens is 294 g/mol. The monoisotopic (exact) mass is 307 g/mol. The van der Waals surface area contributed by atoms with Crippen molar-refractivity contribution in [1.82, 2.24) is 9.78 Å². The van der Waals surface area contributed by atoms with Crippen LogP contribution in [0.25, 0.3) is 0 Å². The summed E-state index contributed by atoms with van der Waals surface area (Å²) in [5.74, 6) is -0.0917. The van der Waals surface area contributed by atoms with Crippen LogP contribution in [0.1, 0.15) is 29.4 Å². The molecule has 2 rings (SSSR count). The molecule has 0 atom stereocenters. The predicted octanol–water partition coefficient (Wildman–Crippen LogP) is 2.87. The quantitative estimate of drug-likeness (QED) is 0.698. The van der Waals surface area contributed by atoms with Gasteiger partial charge in [0.05, 0.1) is 0 Å². The lowest BCUT2D eigenvalue weighted by Gasteiger charge is -2.07. The van der Waals surface area contributed by atoms with E-state index in [4.69, 9.17) is 5.73 Å². The Labute approximate surface area is 114 Å². The lowest BCUT2D eigenvalue weighted by Crippen LogP contribution is -2.13. The van der Waals surface area contributed by atoms with Gasteiger partial charge >= 0.3 is 0 Å². The molecule has 1 aromatic carbocycles. The molecule has 1 heterocycles. The lowest BCUT2D eigenvalue weighted by atomic mass is 10.1. The Kier molecular flexibility index (Phi) is 3.81. The maximum atomic E-state index is 12.4. The van der Waals surface area contributed by atoms with Gasteiger partial charge < -0.3 is 5.73 Å². The second-order valence-corrected chi connectivity index (χ2v) is 4.92. The Morgan fingerprint density at radius 2 is 2.22 bits per heavy atom. The minimum Gasteiger partial charge on any atom is -0.398 e. The number of carbonyl (C=O) groups excluding carboxylic acids is 1. The lowest BCUT2D eigenvalue weighted by molar-refractivity contribution is 0.102. The molecule has 0 saturated heterocycles. The summed E-state index contributed by atoms with van der Waals surface area (Å²) in [5, 5.41) is 4.15. The van der Waals surface area contributed by atoms with Crippen LogP contribution in [0.4, 0.5) is 5.69 Å². The minimum absolute atomic E-state index is 0.0917. The summed E-state index contributed by atoms with van der Waals surface area (Å²) in [6.07, 6.45) is 2.57. The van der Waals surface area contributed by atoms with Crippen molar-refractivity contribution in [3.05, 3.63) is 46.2 Å². The van der Waals surface area contributed by atoms with Crippen LogP contribution in [0, 0.1) is 0 Å². The fraction of sp³-hybridized carbons (Fsp3) is 0.231. The third-order valence-electron chi connectivity index (χ3n) is 2.64. The molecule has 0 saturated carbocycles. The highest BCUT2D eigenvalue weighted by atomic mass is 79.9. The molecule has 2 aromatic rings. The highest BCUT2D eigenvalue weighted by Crippen LogP contribution is 2.21. The SMILES string of the molecule is CCCn1nccc1C(=O)c1ccc(Br)cc1N. The molecule has 94 valence electrons. The van der Waals surface area contributed by atoms with Crippen LogP contribution >= 0.6 is 15.9 Å². The normalized spacial score (nSPS) is 10.6. The van der Waals surface area contributed by atoms with E-state index in [0.717, 1.165) is 17.4 Å². The maximum absolute atomic E-state index is 12.4. The predicted molar refractivity (Wildman–Crippen MR) is 74.5 cm³/mol. The molecule has 2 N–H and O–H groups in total. The van der Waals surface area contributed by atoms with Gasteiger partial charge in [0.2, 0.25) is 5.78 Å². The molecule has 0 amide bonds. The standard InChI is InChI=1S/C13H14BrN3O/c1-2-7-17-12(5-6-16-17)13(18)10-4-3-9(14)8-11(10)15/h3-6,8H,2,7,15H2,1H3. The van der Waals surface area contributed by atoms with Gasteiger partial charge in [-0.25, -0.2) is 0 Å². The highest BCUT2D eigenvalue weighted by molar-refractivity contribution is 9.10. The molecule has 0 spiro atoms. The number of nitrogens with two attached hydrogens (primary N) is 1. The van der Waals surface area contributed by atoms with Crippen LogP contribution in [0.5, 0.6) is 0 Å². The fourth-order valence-electron chi connectivity index (χ4n) is 1.79. The van der Waals surface area contributed by atoms with E-state index in [1.165, 1.54) is 0 Å². The van der Waals surface area contributed by atoms with E-state index in [2.05, 4.69) is 21.0 Å². The first-order valence-electron chi connectivity index (χ1n) is 5.75. The molecular formula is C13H14BrN3O. The zero-order chi connectivity index (χ0) is 13.1. The molecule has 0 radical (unpaired) electrons. The van der Waals surface area contributed by atoms with Crippen molar-refractivity contribution in [1.29, 1.82) is 0 Å². The number of hydrogen-bond donors (Lipinski definition) is 1. The third kappa shape index (κ3) is 2.46. The number of rotatable bonds is 4. The average Bonchev–Trinajstić information content (AvgIpc) is 2.77. The van der Waals surface area contributed by atoms with E-state index >= 15 is 0 Å². The summed E-state index contributed by atoms with van der Waals surface area (Å²) < 4.78 is 2.57. The van der Waals surface area contributed by atoms with Crippen LogP contribution in [-0.2, 0) is 6.54 Å². The fourth-order valence-corrected chi connectivity index (χ4v) is 2.17. The van der Waals surface area contributed by atoms with Crippen LogP contribution in [0.3, 0.4) is 0 Å². The summed E-state index contributed by atoms with van der Waals surface area (Å²) >= 11 is 3.32. The third-order valence-corrected chi connectivity index (χ3v) is 3.14. The molecule has 18 heavy (non-hydrogen) atoms. The number of anilines is 1. The smallest absolute Gasteiger partial charge is 0.213 e. The van der Waals surface area contributed by atoms with Crippen molar-refractivity contribution >= 4 is 27.4 Å². The van der Waals surface area contributed by atoms with Gasteiger partial charge in [0.25, 0.3) is 0 Å². The Morgan fingerprint density at radius 1 is 1.44 bits per heavy atom. The van der Waals surface area contributed by atoms with E-state index < -0.39 is 0 Å². The van der Waals surface area contributed by atoms with Crippen molar-refractivity contribution in [3.8, 4) is 0 Å². The average molecular weight is 308 g/mol. The number of nitrogen functional groups attached to an aromatic ring is 1. The minimum atomic E-state index is -0.0917. The second-order valence-electron chi connectivity index (χ2n) is 4.00. The van der Waals surface area contributed by atoms with Gasteiger partial charge in [0.15, 0.2) is 0 Å². The largest absolute Gasteiger partial charge is 0.398 e. The number of halogens is 1. The van der Waals surface area contributed by atoms with E-state index in [1.807, 2.05) is 13.0 Å². The number of aromatic nitrogens is 2. The van der Waals surface area contributed by atoms with Crippen molar-refractivity contribution < 1.29 is 4.79 Å². The maximum Gasteiger partial charge on any atom is 0.213 e. The zero-order valence-electron chi connectivity index (χ0n) is 10.1. The zero-order valence-corrected chi connectivity index (χ0v) is 11.6. The highest BCUT2D eigenvalue weighted by Gasteiger charge is 2.16. The van der Waals surface area contributed by atoms with Crippen LogP contribution in [0.2, 0.25) is 0 Å². The molecule has 5 heteroatoms. The molecule has 0 bridgehead atoms. The Morgan fingerprint density at radius 3 is 2.89 bits per heavy atom. The first-order valence-corrected chi connectivity index (χ1v) is 6.54. The summed E-state index contributed by atoms with van der Waals surface area (Å²) in [4.78, 5) is 12.4. The number of hydrogen-bond acceptors (Lipinski definition) is 3. The Bertz CT molecular complexity index is 577. The van der Waals surface area contributed by atoms with Gasteiger partial charge in [0, 0.05) is 28.5 Å². The van der Waals surface area contributed by atoms with Gasteiger partial charge in [-0.15, -0.1) is 0 Å². The molecule has 4 nitrogen and oxygen atoms in total. The van der Waals surface area contributed by atoms with Crippen LogP contribution < -0.4 is 5.73 Å². The number of ketones is 1. The van der Waals surface area contributed by atoms with Gasteiger partial charge in [-0.05, 0) is 30.7 Å². The number of aryl methyl sites for hydroxylation is 1. The number of carbonyl (C=O) groups is 1. The topological polar surface area (TPSA) is 60.9 Å². The first kappa shape index (κ1) is 12.8. The first-order chi connectivity index (χ1) is 8.63. The number of nitrogens with zero attached hydrogens (tertiary/aromatic N) is 2. The van der Waals surface area contributed by atoms with Crippen molar-refractivity contribution in [3.63, 3.8) is 0 Å². The van der Waals surface area contributed by atoms with Crippen molar-refractivity contribution in [2.75, 3.05) is 5.73 Å². The molecule has 0 aliphatic rings. The molecule has 1 aromatic heterocycles. The van der Waals surface area contributed by atoms with Gasteiger partial charge in [-0.1, -0.05) is 22.9 Å². The summed E-state index contributed by atoms with van der Waals surface area (Å²) in [7, 11) is 0. The van der Waals surface area contributed by atoms with E-state index in [0.29, 0.717) is 16.9 Å². The summed E-state index contributed by atoms with van der Waals surface area (Å²) in [6, 6.07) is 6.99. The number of benzene rings is 1. The van der Waals surface area contributed by atoms with Gasteiger partial charge in [-0.3, -0.25) is 9.48 Å². The van der Waals surface area contributed by atoms with Crippen LogP contribution in [-0.4, -0.2) is 15.6 Å². The van der Waals surface area contributed by atoms with Crippen molar-refractivity contribution in [2.45, 2.75) is 19.9 Å². The molecule has 0 aliphatic carbocycles. The second kappa shape index (κ2) is 5.35. The van der Waals surface area contributed by atoms with Crippen LogP contribution in [0.15, 0.2) is 34.9 Å². The van der Waals surface area contributed by atoms with Crippen molar-refractivity contribution in [2.24, 2.45) is 0 Å². The summed E-state index contributed by atoms with van der Waals surface area (Å²) in [5.41, 5.74) is 7.43. The summed E-state index contributed by atoms with van der Waals surface area (Å²) in [6.45, 7) is 2.77. The molecule has 0 aliphatic heterocycles. The Hall–Kier alpha value is -1.62. The van der Waals surface area contributed by atoms with E-state index in [-0.39, 0.29) is 5.78 Å². The Balaban J connectivity index is 2.38. The van der Waals surface area contributed by atoms with Gasteiger partial charge in [-0.2, -0.15) is 5.10 Å². The molecule has 0 unspecified atom stereocenters. The van der Waals surface area contributed by atoms with E-state index in [1.54, 1.807) is 29.1 Å². The molecule has 0 fully saturated rings.